The number of imidazole rings is 1. The monoisotopic (exact) mass is 354 g/mol. The number of hydrogen-bond donors (Lipinski definition) is 1. The normalized spacial score (nSPS) is 12.0. The summed E-state index contributed by atoms with van der Waals surface area (Å²) in [4.78, 5) is 14.6. The Morgan fingerprint density at radius 2 is 1.92 bits per heavy atom. The van der Waals surface area contributed by atoms with Crippen LogP contribution in [0.1, 0.15) is 33.5 Å². The number of aryl methyl sites for hydroxylation is 2. The molecule has 24 heavy (non-hydrogen) atoms. The van der Waals surface area contributed by atoms with Crippen LogP contribution >= 0.6 is 11.3 Å². The Kier molecular flexibility index (Phi) is 3.87. The van der Waals surface area contributed by atoms with Gasteiger partial charge < -0.3 is 5.11 Å². The third kappa shape index (κ3) is 2.56. The van der Waals surface area contributed by atoms with Gasteiger partial charge in [0.1, 0.15) is 4.88 Å². The molecule has 0 aliphatic heterocycles. The number of halogens is 3. The number of alkyl halides is 3. The first-order valence-corrected chi connectivity index (χ1v) is 7.97. The first kappa shape index (κ1) is 16.5. The lowest BCUT2D eigenvalue weighted by Gasteiger charge is -2.08. The molecule has 0 aliphatic rings. The summed E-state index contributed by atoms with van der Waals surface area (Å²) in [7, 11) is 0. The van der Waals surface area contributed by atoms with Crippen molar-refractivity contribution in [2.24, 2.45) is 0 Å². The smallest absolute Gasteiger partial charge is 0.433 e. The van der Waals surface area contributed by atoms with Crippen LogP contribution in [0.25, 0.3) is 16.2 Å². The lowest BCUT2D eigenvalue weighted by molar-refractivity contribution is -0.142. The van der Waals surface area contributed by atoms with Gasteiger partial charge in [-0.3, -0.25) is 4.40 Å². The molecule has 0 radical (unpaired) electrons. The van der Waals surface area contributed by atoms with E-state index in [9.17, 15) is 18.0 Å². The lowest BCUT2D eigenvalue weighted by atomic mass is 10.1. The fourth-order valence-corrected chi connectivity index (χ4v) is 3.65. The molecular weight excluding hydrogens is 341 g/mol. The summed E-state index contributed by atoms with van der Waals surface area (Å²) >= 11 is 0.529. The summed E-state index contributed by atoms with van der Waals surface area (Å²) in [5.74, 6) is -1.61. The lowest BCUT2D eigenvalue weighted by Crippen LogP contribution is -2.14. The summed E-state index contributed by atoms with van der Waals surface area (Å²) in [5.41, 5.74) is 1.32. The van der Waals surface area contributed by atoms with Crippen LogP contribution in [-0.4, -0.2) is 20.5 Å². The van der Waals surface area contributed by atoms with E-state index in [0.29, 0.717) is 22.6 Å². The molecular formula is C16H13F3N2O2S. The highest BCUT2D eigenvalue weighted by Gasteiger charge is 2.41. The van der Waals surface area contributed by atoms with Gasteiger partial charge in [0.2, 0.25) is 0 Å². The van der Waals surface area contributed by atoms with Crippen LogP contribution in [0.4, 0.5) is 13.2 Å². The van der Waals surface area contributed by atoms with E-state index in [4.69, 9.17) is 5.11 Å². The minimum absolute atomic E-state index is 0.0202. The van der Waals surface area contributed by atoms with Gasteiger partial charge in [0, 0.05) is 11.3 Å². The van der Waals surface area contributed by atoms with Crippen LogP contribution in [-0.2, 0) is 12.6 Å². The Bertz CT molecular complexity index is 924. The van der Waals surface area contributed by atoms with Crippen molar-refractivity contribution in [3.63, 3.8) is 0 Å². The van der Waals surface area contributed by atoms with Gasteiger partial charge in [-0.15, -0.1) is 0 Å². The van der Waals surface area contributed by atoms with Crippen molar-refractivity contribution in [3.05, 3.63) is 46.1 Å². The highest BCUT2D eigenvalue weighted by Crippen LogP contribution is 2.39. The molecule has 0 bridgehead atoms. The van der Waals surface area contributed by atoms with Crippen molar-refractivity contribution in [2.45, 2.75) is 26.4 Å². The van der Waals surface area contributed by atoms with Gasteiger partial charge in [-0.05, 0) is 18.9 Å². The van der Waals surface area contributed by atoms with Gasteiger partial charge in [-0.25, -0.2) is 9.78 Å². The Labute approximate surface area is 139 Å². The highest BCUT2D eigenvalue weighted by molar-refractivity contribution is 7.19. The minimum Gasteiger partial charge on any atom is -0.477 e. The average molecular weight is 354 g/mol. The predicted octanol–water partition coefficient (Wildman–Crippen LogP) is 4.65. The summed E-state index contributed by atoms with van der Waals surface area (Å²) in [5, 5.41) is 9.05. The molecule has 0 amide bonds. The summed E-state index contributed by atoms with van der Waals surface area (Å²) in [6.45, 7) is 3.52. The fourth-order valence-electron chi connectivity index (χ4n) is 2.62. The Morgan fingerprint density at radius 3 is 2.42 bits per heavy atom. The number of carboxylic acid groups (broad SMARTS) is 1. The first-order valence-electron chi connectivity index (χ1n) is 7.15. The molecule has 2 aromatic heterocycles. The quantitative estimate of drug-likeness (QED) is 0.745. The molecule has 0 saturated heterocycles. The number of fused-ring (bicyclic) bond motifs is 1. The molecule has 0 aliphatic carbocycles. The molecule has 3 aromatic rings. The van der Waals surface area contributed by atoms with E-state index in [-0.39, 0.29) is 10.7 Å². The molecule has 0 saturated carbocycles. The molecule has 126 valence electrons. The molecule has 8 heteroatoms. The molecule has 3 rings (SSSR count). The number of aromatic nitrogens is 2. The number of carboxylic acids is 1. The molecule has 0 unspecified atom stereocenters. The summed E-state index contributed by atoms with van der Waals surface area (Å²) < 4.78 is 41.0. The van der Waals surface area contributed by atoms with Crippen LogP contribution in [0.2, 0.25) is 0 Å². The van der Waals surface area contributed by atoms with Crippen LogP contribution in [0.3, 0.4) is 0 Å². The molecule has 4 nitrogen and oxygen atoms in total. The number of carbonyl (C=O) groups is 1. The number of thiazole rings is 1. The number of hydrogen-bond acceptors (Lipinski definition) is 3. The van der Waals surface area contributed by atoms with E-state index in [2.05, 4.69) is 4.98 Å². The minimum atomic E-state index is -4.78. The van der Waals surface area contributed by atoms with Gasteiger partial charge in [0.05, 0.1) is 5.69 Å². The number of rotatable bonds is 3. The zero-order valence-electron chi connectivity index (χ0n) is 12.8. The average Bonchev–Trinajstić information content (AvgIpc) is 3.04. The third-order valence-electron chi connectivity index (χ3n) is 3.81. The van der Waals surface area contributed by atoms with Crippen molar-refractivity contribution in [2.75, 3.05) is 0 Å². The highest BCUT2D eigenvalue weighted by atomic mass is 32.1. The van der Waals surface area contributed by atoms with Gasteiger partial charge in [-0.2, -0.15) is 13.2 Å². The van der Waals surface area contributed by atoms with E-state index in [1.165, 1.54) is 6.92 Å². The zero-order chi connectivity index (χ0) is 17.6. The van der Waals surface area contributed by atoms with E-state index in [1.54, 1.807) is 0 Å². The predicted molar refractivity (Wildman–Crippen MR) is 84.6 cm³/mol. The summed E-state index contributed by atoms with van der Waals surface area (Å²) in [6.07, 6.45) is -3.92. The topological polar surface area (TPSA) is 54.6 Å². The first-order chi connectivity index (χ1) is 11.2. The zero-order valence-corrected chi connectivity index (χ0v) is 13.6. The largest absolute Gasteiger partial charge is 0.477 e. The van der Waals surface area contributed by atoms with Gasteiger partial charge in [0.15, 0.2) is 10.7 Å². The number of benzene rings is 1. The maximum Gasteiger partial charge on any atom is 0.433 e. The molecule has 1 aromatic carbocycles. The van der Waals surface area contributed by atoms with E-state index >= 15 is 0 Å². The second-order valence-electron chi connectivity index (χ2n) is 5.30. The Balaban J connectivity index is 2.25. The van der Waals surface area contributed by atoms with Crippen molar-refractivity contribution in [3.8, 4) is 11.3 Å². The standard InChI is InChI=1S/C16H13F3N2O2S/c1-3-9-4-6-10(7-5-9)11-8(2)21-13(16(17,18)19)12(14(22)23)24-15(21)20-11/h4-7H,3H2,1-2H3,(H,22,23). The molecule has 0 spiro atoms. The number of nitrogens with zero attached hydrogens (tertiary/aromatic N) is 2. The second-order valence-corrected chi connectivity index (χ2v) is 6.27. The maximum atomic E-state index is 13.4. The fraction of sp³-hybridized carbons (Fsp3) is 0.250. The summed E-state index contributed by atoms with van der Waals surface area (Å²) in [6, 6.07) is 7.42. The van der Waals surface area contributed by atoms with Gasteiger partial charge >= 0.3 is 12.1 Å². The van der Waals surface area contributed by atoms with E-state index < -0.39 is 22.7 Å². The SMILES string of the molecule is CCc1ccc(-c2nc3sc(C(=O)O)c(C(F)(F)F)n3c2C)cc1. The van der Waals surface area contributed by atoms with Crippen LogP contribution in [0.15, 0.2) is 24.3 Å². The number of aromatic carboxylic acids is 1. The van der Waals surface area contributed by atoms with E-state index in [1.807, 2.05) is 31.2 Å². The Morgan fingerprint density at radius 1 is 1.29 bits per heavy atom. The molecule has 0 atom stereocenters. The third-order valence-corrected chi connectivity index (χ3v) is 4.84. The molecule has 0 fully saturated rings. The van der Waals surface area contributed by atoms with Gasteiger partial charge in [-0.1, -0.05) is 42.5 Å². The van der Waals surface area contributed by atoms with Gasteiger partial charge in [0.25, 0.3) is 0 Å². The van der Waals surface area contributed by atoms with Crippen molar-refractivity contribution in [1.29, 1.82) is 0 Å². The van der Waals surface area contributed by atoms with Crippen LogP contribution in [0.5, 0.6) is 0 Å². The van der Waals surface area contributed by atoms with Crippen molar-refractivity contribution in [1.82, 2.24) is 9.38 Å². The molecule has 2 heterocycles. The maximum absolute atomic E-state index is 13.4. The second kappa shape index (κ2) is 5.62. The molecule has 1 N–H and O–H groups in total. The van der Waals surface area contributed by atoms with Crippen molar-refractivity contribution < 1.29 is 23.1 Å². The van der Waals surface area contributed by atoms with Crippen LogP contribution < -0.4 is 0 Å². The Hall–Kier alpha value is -2.35. The van der Waals surface area contributed by atoms with Crippen molar-refractivity contribution >= 4 is 22.3 Å². The van der Waals surface area contributed by atoms with Crippen LogP contribution in [0, 0.1) is 6.92 Å². The van der Waals surface area contributed by atoms with E-state index in [0.717, 1.165) is 16.4 Å².